The fraction of sp³-hybridized carbons (Fsp3) is 0.375. The Hall–Kier alpha value is -1.05. The van der Waals surface area contributed by atoms with E-state index < -0.39 is 0 Å². The molecular weight excluding hydrogens is 128 g/mol. The molecule has 1 rings (SSSR count). The summed E-state index contributed by atoms with van der Waals surface area (Å²) in [5, 5.41) is 0. The van der Waals surface area contributed by atoms with Gasteiger partial charge in [0, 0.05) is 0 Å². The van der Waals surface area contributed by atoms with E-state index >= 15 is 0 Å². The number of hydrogen-bond acceptors (Lipinski definition) is 2. The molecule has 54 valence electrons. The summed E-state index contributed by atoms with van der Waals surface area (Å²) in [7, 11) is 0. The molecule has 0 aliphatic heterocycles. The lowest BCUT2D eigenvalue weighted by Crippen LogP contribution is -1.95. The van der Waals surface area contributed by atoms with Crippen LogP contribution >= 0.6 is 0 Å². The Labute approximate surface area is 60.2 Å². The Kier molecular flexibility index (Phi) is 2.74. The van der Waals surface area contributed by atoms with Crippen molar-refractivity contribution in [3.8, 4) is 0 Å². The number of carbonyl (C=O) groups excluding carboxylic acids is 1. The first-order valence-electron chi connectivity index (χ1n) is 3.34. The van der Waals surface area contributed by atoms with Crippen LogP contribution in [-0.2, 0) is 9.53 Å². The average Bonchev–Trinajstić information content (AvgIpc) is 2.03. The lowest BCUT2D eigenvalue weighted by molar-refractivity contribution is -0.127. The van der Waals surface area contributed by atoms with Gasteiger partial charge in [-0.3, -0.25) is 4.79 Å². The smallest absolute Gasteiger partial charge is 0.293 e. The molecule has 0 amide bonds. The number of carbonyl (C=O) groups is 1. The molecule has 0 aromatic heterocycles. The number of ether oxygens (including phenoxy) is 1. The second kappa shape index (κ2) is 3.88. The van der Waals surface area contributed by atoms with E-state index in [-0.39, 0.29) is 0 Å². The van der Waals surface area contributed by atoms with Gasteiger partial charge in [0.25, 0.3) is 6.47 Å². The lowest BCUT2D eigenvalue weighted by Gasteiger charge is -2.03. The minimum absolute atomic E-state index is 0.417. The molecule has 0 saturated heterocycles. The molecule has 10 heavy (non-hydrogen) atoms. The predicted octanol–water partition coefficient (Wildman–Crippen LogP) is 1.44. The summed E-state index contributed by atoms with van der Waals surface area (Å²) >= 11 is 0. The first kappa shape index (κ1) is 7.06. The summed E-state index contributed by atoms with van der Waals surface area (Å²) in [5.41, 5.74) is 1.10. The van der Waals surface area contributed by atoms with Crippen LogP contribution in [0.5, 0.6) is 0 Å². The molecule has 0 spiro atoms. The Morgan fingerprint density at radius 1 is 1.60 bits per heavy atom. The molecule has 0 saturated carbocycles. The van der Waals surface area contributed by atoms with Crippen LogP contribution in [0.25, 0.3) is 0 Å². The van der Waals surface area contributed by atoms with Crippen LogP contribution in [0, 0.1) is 0 Å². The van der Waals surface area contributed by atoms with E-state index in [4.69, 9.17) is 0 Å². The van der Waals surface area contributed by atoms with Crippen molar-refractivity contribution < 1.29 is 9.53 Å². The zero-order valence-electron chi connectivity index (χ0n) is 5.75. The third-order valence-corrected chi connectivity index (χ3v) is 1.39. The number of rotatable bonds is 3. The van der Waals surface area contributed by atoms with Gasteiger partial charge in [0.1, 0.15) is 6.61 Å². The van der Waals surface area contributed by atoms with Gasteiger partial charge in [0.15, 0.2) is 0 Å². The van der Waals surface area contributed by atoms with E-state index in [1.54, 1.807) is 0 Å². The second-order valence-electron chi connectivity index (χ2n) is 2.17. The summed E-state index contributed by atoms with van der Waals surface area (Å²) < 4.78 is 4.57. The second-order valence-corrected chi connectivity index (χ2v) is 2.17. The minimum atomic E-state index is 0.417. The van der Waals surface area contributed by atoms with Gasteiger partial charge in [-0.1, -0.05) is 18.2 Å². The molecule has 0 aromatic carbocycles. The fourth-order valence-electron chi connectivity index (χ4n) is 0.905. The van der Waals surface area contributed by atoms with Crippen LogP contribution < -0.4 is 0 Å². The van der Waals surface area contributed by atoms with E-state index in [1.807, 2.05) is 6.08 Å². The summed E-state index contributed by atoms with van der Waals surface area (Å²) in [6.07, 6.45) is 8.33. The number of hydrogen-bond donors (Lipinski definition) is 0. The van der Waals surface area contributed by atoms with Crippen molar-refractivity contribution in [1.29, 1.82) is 0 Å². The Morgan fingerprint density at radius 2 is 2.50 bits per heavy atom. The topological polar surface area (TPSA) is 26.3 Å². The highest BCUT2D eigenvalue weighted by Gasteiger charge is 1.95. The maximum atomic E-state index is 9.77. The zero-order valence-corrected chi connectivity index (χ0v) is 5.75. The standard InChI is InChI=1S/C8H10O2/c9-7-10-6-8-4-2-1-3-5-8/h2,4-5,7H,1,3,6H2. The first-order chi connectivity index (χ1) is 4.93. The van der Waals surface area contributed by atoms with Gasteiger partial charge in [-0.15, -0.1) is 0 Å². The van der Waals surface area contributed by atoms with E-state index in [2.05, 4.69) is 16.9 Å². The first-order valence-corrected chi connectivity index (χ1v) is 3.34. The third-order valence-electron chi connectivity index (χ3n) is 1.39. The molecule has 2 heteroatoms. The molecule has 0 heterocycles. The summed E-state index contributed by atoms with van der Waals surface area (Å²) in [6.45, 7) is 0.892. The van der Waals surface area contributed by atoms with Crippen LogP contribution in [0.1, 0.15) is 12.8 Å². The summed E-state index contributed by atoms with van der Waals surface area (Å²) in [6, 6.07) is 0. The van der Waals surface area contributed by atoms with Crippen LogP contribution in [-0.4, -0.2) is 13.1 Å². The van der Waals surface area contributed by atoms with Gasteiger partial charge in [-0.2, -0.15) is 0 Å². The van der Waals surface area contributed by atoms with Crippen molar-refractivity contribution in [3.63, 3.8) is 0 Å². The minimum Gasteiger partial charge on any atom is -0.463 e. The van der Waals surface area contributed by atoms with Crippen LogP contribution in [0.3, 0.4) is 0 Å². The highest BCUT2D eigenvalue weighted by molar-refractivity contribution is 5.38. The van der Waals surface area contributed by atoms with Crippen molar-refractivity contribution in [2.75, 3.05) is 6.61 Å². The molecule has 0 aromatic rings. The number of allylic oxidation sites excluding steroid dienone is 2. The van der Waals surface area contributed by atoms with E-state index in [0.29, 0.717) is 13.1 Å². The van der Waals surface area contributed by atoms with E-state index in [9.17, 15) is 4.79 Å². The maximum absolute atomic E-state index is 9.77. The molecule has 0 radical (unpaired) electrons. The SMILES string of the molecule is O=COCC1=CCCC=C1. The third kappa shape index (κ3) is 2.05. The predicted molar refractivity (Wildman–Crippen MR) is 38.5 cm³/mol. The highest BCUT2D eigenvalue weighted by Crippen LogP contribution is 2.08. The molecule has 1 aliphatic carbocycles. The van der Waals surface area contributed by atoms with E-state index in [0.717, 1.165) is 18.4 Å². The van der Waals surface area contributed by atoms with Gasteiger partial charge in [0.2, 0.25) is 0 Å². The molecule has 0 N–H and O–H groups in total. The largest absolute Gasteiger partial charge is 0.463 e. The van der Waals surface area contributed by atoms with Gasteiger partial charge in [-0.25, -0.2) is 0 Å². The normalized spacial score (nSPS) is 16.2. The molecule has 2 nitrogen and oxygen atoms in total. The van der Waals surface area contributed by atoms with Crippen molar-refractivity contribution in [3.05, 3.63) is 23.8 Å². The molecular formula is C8H10O2. The Bertz CT molecular complexity index is 168. The molecule has 1 aliphatic rings. The van der Waals surface area contributed by atoms with E-state index in [1.165, 1.54) is 0 Å². The van der Waals surface area contributed by atoms with Crippen molar-refractivity contribution >= 4 is 6.47 Å². The van der Waals surface area contributed by atoms with Crippen LogP contribution in [0.2, 0.25) is 0 Å². The summed E-state index contributed by atoms with van der Waals surface area (Å²) in [4.78, 5) is 9.77. The van der Waals surface area contributed by atoms with Gasteiger partial charge in [-0.05, 0) is 18.4 Å². The van der Waals surface area contributed by atoms with Crippen molar-refractivity contribution in [2.24, 2.45) is 0 Å². The molecule has 0 atom stereocenters. The monoisotopic (exact) mass is 138 g/mol. The molecule has 0 fully saturated rings. The van der Waals surface area contributed by atoms with Crippen LogP contribution in [0.4, 0.5) is 0 Å². The summed E-state index contributed by atoms with van der Waals surface area (Å²) in [5.74, 6) is 0. The van der Waals surface area contributed by atoms with Gasteiger partial charge < -0.3 is 4.74 Å². The Morgan fingerprint density at radius 3 is 3.10 bits per heavy atom. The highest BCUT2D eigenvalue weighted by atomic mass is 16.5. The average molecular weight is 138 g/mol. The Balaban J connectivity index is 2.32. The maximum Gasteiger partial charge on any atom is 0.293 e. The van der Waals surface area contributed by atoms with Crippen molar-refractivity contribution in [2.45, 2.75) is 12.8 Å². The fourth-order valence-corrected chi connectivity index (χ4v) is 0.905. The van der Waals surface area contributed by atoms with Crippen LogP contribution in [0.15, 0.2) is 23.8 Å². The molecule has 0 unspecified atom stereocenters. The molecule has 0 bridgehead atoms. The van der Waals surface area contributed by atoms with Crippen molar-refractivity contribution in [1.82, 2.24) is 0 Å². The van der Waals surface area contributed by atoms with Gasteiger partial charge in [0.05, 0.1) is 0 Å². The quantitative estimate of drug-likeness (QED) is 0.551. The lowest BCUT2D eigenvalue weighted by atomic mass is 10.1. The van der Waals surface area contributed by atoms with Gasteiger partial charge >= 0.3 is 0 Å². The zero-order chi connectivity index (χ0) is 7.23.